The summed E-state index contributed by atoms with van der Waals surface area (Å²) in [6, 6.07) is 20.0. The van der Waals surface area contributed by atoms with E-state index in [2.05, 4.69) is 19.2 Å². The number of rotatable bonds is 7. The minimum absolute atomic E-state index is 0. The van der Waals surface area contributed by atoms with Crippen LogP contribution in [0.5, 0.6) is 11.5 Å². The highest BCUT2D eigenvalue weighted by Crippen LogP contribution is 2.34. The van der Waals surface area contributed by atoms with Crippen molar-refractivity contribution in [1.29, 1.82) is 0 Å². The van der Waals surface area contributed by atoms with Gasteiger partial charge in [-0.05, 0) is 61.7 Å². The lowest BCUT2D eigenvalue weighted by Gasteiger charge is -2.40. The van der Waals surface area contributed by atoms with Gasteiger partial charge >= 0.3 is 0 Å². The number of nitrogens with zero attached hydrogens (tertiary/aromatic N) is 2. The summed E-state index contributed by atoms with van der Waals surface area (Å²) in [5, 5.41) is 5.37. The van der Waals surface area contributed by atoms with Crippen LogP contribution in [0.15, 0.2) is 72.1 Å². The van der Waals surface area contributed by atoms with E-state index >= 15 is 0 Å². The quantitative estimate of drug-likeness (QED) is 0.408. The second kappa shape index (κ2) is 12.4. The second-order valence-electron chi connectivity index (χ2n) is 8.44. The lowest BCUT2D eigenvalue weighted by Crippen LogP contribution is -2.58. The Kier molecular flexibility index (Phi) is 9.57. The fourth-order valence-electron chi connectivity index (χ4n) is 4.29. The van der Waals surface area contributed by atoms with E-state index in [0.29, 0.717) is 24.5 Å². The highest BCUT2D eigenvalue weighted by Gasteiger charge is 2.37. The van der Waals surface area contributed by atoms with Gasteiger partial charge in [0.2, 0.25) is 5.91 Å². The van der Waals surface area contributed by atoms with Crippen LogP contribution in [0.4, 0.5) is 5.69 Å². The molecule has 6 nitrogen and oxygen atoms in total. The molecule has 35 heavy (non-hydrogen) atoms. The molecule has 0 radical (unpaired) electrons. The molecular formula is C26H29Cl2N3O3S. The maximum Gasteiger partial charge on any atom is 0.251 e. The van der Waals surface area contributed by atoms with Crippen molar-refractivity contribution in [2.45, 2.75) is 32.0 Å². The summed E-state index contributed by atoms with van der Waals surface area (Å²) in [5.41, 5.74) is 0.592. The number of nitrogens with one attached hydrogen (secondary N) is 1. The van der Waals surface area contributed by atoms with Crippen molar-refractivity contribution < 1.29 is 14.3 Å². The number of hydrogen-bond donors (Lipinski definition) is 1. The molecule has 1 N–H and O–H groups in total. The first kappa shape index (κ1) is 27.0. The van der Waals surface area contributed by atoms with Gasteiger partial charge in [-0.25, -0.2) is 0 Å². The first-order chi connectivity index (χ1) is 16.5. The van der Waals surface area contributed by atoms with E-state index in [1.807, 2.05) is 52.7 Å². The number of alkyl halides is 1. The van der Waals surface area contributed by atoms with Crippen molar-refractivity contribution in [2.75, 3.05) is 23.9 Å². The van der Waals surface area contributed by atoms with Crippen LogP contribution >= 0.6 is 35.3 Å². The predicted molar refractivity (Wildman–Crippen MR) is 144 cm³/mol. The highest BCUT2D eigenvalue weighted by molar-refractivity contribution is 7.10. The molecule has 1 saturated heterocycles. The van der Waals surface area contributed by atoms with E-state index < -0.39 is 6.04 Å². The van der Waals surface area contributed by atoms with Gasteiger partial charge in [0, 0.05) is 35.7 Å². The molecule has 0 saturated carbocycles. The fraction of sp³-hybridized carbons (Fsp3) is 0.308. The van der Waals surface area contributed by atoms with Gasteiger partial charge in [-0.2, -0.15) is 0 Å². The van der Waals surface area contributed by atoms with Gasteiger partial charge in [0.15, 0.2) is 0 Å². The zero-order chi connectivity index (χ0) is 24.1. The average molecular weight is 535 g/mol. The number of hydrogen-bond acceptors (Lipinski definition) is 5. The summed E-state index contributed by atoms with van der Waals surface area (Å²) in [4.78, 5) is 31.2. The van der Waals surface area contributed by atoms with E-state index in [1.54, 1.807) is 24.3 Å². The van der Waals surface area contributed by atoms with Crippen molar-refractivity contribution in [2.24, 2.45) is 0 Å². The van der Waals surface area contributed by atoms with Crippen molar-refractivity contribution >= 4 is 52.8 Å². The van der Waals surface area contributed by atoms with Gasteiger partial charge < -0.3 is 15.0 Å². The van der Waals surface area contributed by atoms with Crippen molar-refractivity contribution in [3.63, 3.8) is 0 Å². The first-order valence-corrected chi connectivity index (χ1v) is 12.7. The third-order valence-corrected chi connectivity index (χ3v) is 6.80. The standard InChI is InChI=1S/C26H28ClN3O3S.ClH/c1-18-16-29(17-19(2)28-18)26(32)25(23-9-6-14-34-23)30(24(31)15-27)20-10-12-22(13-11-20)33-21-7-4-3-5-8-21;/h3-14,18-19,25,28H,15-17H2,1-2H3;1H. The lowest BCUT2D eigenvalue weighted by molar-refractivity contribution is -0.136. The molecule has 2 amide bonds. The van der Waals surface area contributed by atoms with Gasteiger partial charge in [-0.15, -0.1) is 35.3 Å². The molecular weight excluding hydrogens is 505 g/mol. The first-order valence-electron chi connectivity index (χ1n) is 11.3. The Hall–Kier alpha value is -2.58. The molecule has 3 atom stereocenters. The molecule has 0 aliphatic carbocycles. The molecule has 4 rings (SSSR count). The third-order valence-electron chi connectivity index (χ3n) is 5.65. The van der Waals surface area contributed by atoms with E-state index in [0.717, 1.165) is 10.6 Å². The maximum absolute atomic E-state index is 13.9. The summed E-state index contributed by atoms with van der Waals surface area (Å²) in [7, 11) is 0. The topological polar surface area (TPSA) is 61.9 Å². The van der Waals surface area contributed by atoms with Crippen LogP contribution in [0.1, 0.15) is 24.8 Å². The van der Waals surface area contributed by atoms with Gasteiger partial charge in [0.05, 0.1) is 0 Å². The smallest absolute Gasteiger partial charge is 0.251 e. The predicted octanol–water partition coefficient (Wildman–Crippen LogP) is 5.48. The zero-order valence-corrected chi connectivity index (χ0v) is 22.0. The summed E-state index contributed by atoms with van der Waals surface area (Å²) in [5.74, 6) is 0.688. The van der Waals surface area contributed by atoms with Crippen molar-refractivity contribution in [3.05, 3.63) is 77.0 Å². The number of ether oxygens (including phenoxy) is 1. The minimum atomic E-state index is -0.787. The number of anilines is 1. The molecule has 1 fully saturated rings. The molecule has 3 unspecified atom stereocenters. The van der Waals surface area contributed by atoms with Gasteiger partial charge in [-0.3, -0.25) is 14.5 Å². The van der Waals surface area contributed by atoms with E-state index in [9.17, 15) is 9.59 Å². The largest absolute Gasteiger partial charge is 0.457 e. The lowest BCUT2D eigenvalue weighted by atomic mass is 10.1. The Bertz CT molecular complexity index is 1090. The van der Waals surface area contributed by atoms with E-state index in [-0.39, 0.29) is 42.2 Å². The molecule has 1 aromatic heterocycles. The van der Waals surface area contributed by atoms with E-state index in [4.69, 9.17) is 16.3 Å². The summed E-state index contributed by atoms with van der Waals surface area (Å²) >= 11 is 7.49. The zero-order valence-electron chi connectivity index (χ0n) is 19.6. The van der Waals surface area contributed by atoms with Crippen molar-refractivity contribution in [3.8, 4) is 11.5 Å². The monoisotopic (exact) mass is 533 g/mol. The third kappa shape index (κ3) is 6.55. The molecule has 1 aliphatic rings. The fourth-order valence-corrected chi connectivity index (χ4v) is 5.22. The number of carbonyl (C=O) groups is 2. The number of amides is 2. The van der Waals surface area contributed by atoms with Crippen LogP contribution in [0, 0.1) is 0 Å². The van der Waals surface area contributed by atoms with Gasteiger partial charge in [0.25, 0.3) is 5.91 Å². The van der Waals surface area contributed by atoms with Crippen LogP contribution in [0.25, 0.3) is 0 Å². The Labute approximate surface area is 221 Å². The van der Waals surface area contributed by atoms with Crippen LogP contribution in [0.2, 0.25) is 0 Å². The maximum atomic E-state index is 13.9. The van der Waals surface area contributed by atoms with Crippen LogP contribution in [-0.4, -0.2) is 47.8 Å². The Morgan fingerprint density at radius 3 is 2.23 bits per heavy atom. The molecule has 9 heteroatoms. The van der Waals surface area contributed by atoms with Crippen molar-refractivity contribution in [1.82, 2.24) is 10.2 Å². The average Bonchev–Trinajstić information content (AvgIpc) is 3.37. The summed E-state index contributed by atoms with van der Waals surface area (Å²) < 4.78 is 5.89. The normalized spacial score (nSPS) is 18.3. The summed E-state index contributed by atoms with van der Waals surface area (Å²) in [6.07, 6.45) is 0. The molecule has 0 bridgehead atoms. The highest BCUT2D eigenvalue weighted by atomic mass is 35.5. The Morgan fingerprint density at radius 2 is 1.66 bits per heavy atom. The molecule has 186 valence electrons. The molecule has 2 heterocycles. The number of halogens is 2. The van der Waals surface area contributed by atoms with E-state index in [1.165, 1.54) is 16.2 Å². The van der Waals surface area contributed by atoms with Crippen LogP contribution in [-0.2, 0) is 9.59 Å². The van der Waals surface area contributed by atoms with Crippen LogP contribution in [0.3, 0.4) is 0 Å². The number of thiophene rings is 1. The van der Waals surface area contributed by atoms with Crippen LogP contribution < -0.4 is 15.0 Å². The molecule has 2 aromatic carbocycles. The number of piperazine rings is 1. The number of benzene rings is 2. The SMILES string of the molecule is CC1CN(C(=O)C(c2cccs2)N(C(=O)CCl)c2ccc(Oc3ccccc3)cc2)CC(C)N1.Cl. The summed E-state index contributed by atoms with van der Waals surface area (Å²) in [6.45, 7) is 5.28. The molecule has 3 aromatic rings. The molecule has 1 aliphatic heterocycles. The number of para-hydroxylation sites is 1. The Balaban J connectivity index is 0.00000342. The van der Waals surface area contributed by atoms with Gasteiger partial charge in [0.1, 0.15) is 23.4 Å². The molecule has 0 spiro atoms. The second-order valence-corrected chi connectivity index (χ2v) is 9.68. The Morgan fingerprint density at radius 1 is 1.03 bits per heavy atom. The van der Waals surface area contributed by atoms with Gasteiger partial charge in [-0.1, -0.05) is 24.3 Å². The minimum Gasteiger partial charge on any atom is -0.457 e. The number of carbonyl (C=O) groups excluding carboxylic acids is 2.